The third-order valence-electron chi connectivity index (χ3n) is 1.99. The Morgan fingerprint density at radius 2 is 1.92 bits per heavy atom. The molecular weight excluding hydrogens is 233 g/mol. The molecule has 1 nitrogen and oxygen atoms in total. The molecule has 0 aromatic carbocycles. The predicted octanol–water partition coefficient (Wildman–Crippen LogP) is 3.59. The van der Waals surface area contributed by atoms with E-state index in [4.69, 9.17) is 0 Å². The van der Waals surface area contributed by atoms with Gasteiger partial charge < -0.3 is 0 Å². The van der Waals surface area contributed by atoms with Crippen LogP contribution in [-0.2, 0) is 5.41 Å². The van der Waals surface area contributed by atoms with Crippen LogP contribution in [-0.4, -0.2) is 4.98 Å². The van der Waals surface area contributed by atoms with Gasteiger partial charge >= 0.3 is 0 Å². The maximum absolute atomic E-state index is 13.0. The third kappa shape index (κ3) is 2.27. The van der Waals surface area contributed by atoms with Crippen molar-refractivity contribution in [2.45, 2.75) is 33.1 Å². The zero-order chi connectivity index (χ0) is 10.2. The Hall–Kier alpha value is -0.440. The van der Waals surface area contributed by atoms with Crippen molar-refractivity contribution in [1.82, 2.24) is 4.98 Å². The molecule has 0 atom stereocenters. The summed E-state index contributed by atoms with van der Waals surface area (Å²) in [5.41, 5.74) is 1.96. The van der Waals surface area contributed by atoms with Gasteiger partial charge in [0.2, 0.25) is 5.95 Å². The van der Waals surface area contributed by atoms with E-state index in [1.54, 1.807) is 0 Å². The molecule has 1 heterocycles. The van der Waals surface area contributed by atoms with Crippen LogP contribution >= 0.6 is 15.9 Å². The monoisotopic (exact) mass is 245 g/mol. The minimum absolute atomic E-state index is 0.0453. The van der Waals surface area contributed by atoms with Gasteiger partial charge in [0.25, 0.3) is 0 Å². The summed E-state index contributed by atoms with van der Waals surface area (Å²) in [5, 5.41) is 0. The second-order valence-electron chi connectivity index (χ2n) is 4.16. The van der Waals surface area contributed by atoms with Crippen LogP contribution < -0.4 is 0 Å². The molecule has 0 unspecified atom stereocenters. The predicted molar refractivity (Wildman–Crippen MR) is 55.3 cm³/mol. The first-order valence-electron chi connectivity index (χ1n) is 4.15. The molecule has 3 heteroatoms. The van der Waals surface area contributed by atoms with Gasteiger partial charge in [0.1, 0.15) is 4.60 Å². The molecule has 1 aromatic rings. The fourth-order valence-electron chi connectivity index (χ4n) is 1.33. The van der Waals surface area contributed by atoms with Crippen LogP contribution in [0.5, 0.6) is 0 Å². The Kier molecular flexibility index (Phi) is 2.76. The van der Waals surface area contributed by atoms with Crippen molar-refractivity contribution < 1.29 is 4.39 Å². The molecule has 0 aliphatic heterocycles. The molecule has 1 aromatic heterocycles. The first kappa shape index (κ1) is 10.6. The summed E-state index contributed by atoms with van der Waals surface area (Å²) in [7, 11) is 0. The average molecular weight is 246 g/mol. The number of halogens is 2. The number of hydrogen-bond acceptors (Lipinski definition) is 1. The van der Waals surface area contributed by atoms with Gasteiger partial charge in [-0.05, 0) is 45.5 Å². The fourth-order valence-corrected chi connectivity index (χ4v) is 1.71. The van der Waals surface area contributed by atoms with Crippen LogP contribution in [0.3, 0.4) is 0 Å². The molecule has 0 spiro atoms. The lowest BCUT2D eigenvalue weighted by atomic mass is 9.85. The maximum atomic E-state index is 13.0. The Balaban J connectivity index is 3.37. The topological polar surface area (TPSA) is 12.9 Å². The summed E-state index contributed by atoms with van der Waals surface area (Å²) in [6, 6.07) is 1.50. The first-order valence-corrected chi connectivity index (χ1v) is 4.95. The Morgan fingerprint density at radius 3 is 2.38 bits per heavy atom. The standard InChI is InChI=1S/C10H13BrFN/c1-6-7(10(2,3)4)5-8(12)13-9(6)11/h5H,1-4H3. The highest BCUT2D eigenvalue weighted by Crippen LogP contribution is 2.29. The molecule has 13 heavy (non-hydrogen) atoms. The molecular formula is C10H13BrFN. The molecule has 0 radical (unpaired) electrons. The second kappa shape index (κ2) is 3.37. The van der Waals surface area contributed by atoms with Gasteiger partial charge in [-0.15, -0.1) is 0 Å². The average Bonchev–Trinajstić information content (AvgIpc) is 1.94. The van der Waals surface area contributed by atoms with Crippen molar-refractivity contribution in [1.29, 1.82) is 0 Å². The molecule has 0 fully saturated rings. The highest BCUT2D eigenvalue weighted by molar-refractivity contribution is 9.10. The molecule has 0 aliphatic carbocycles. The molecule has 0 saturated heterocycles. The number of hydrogen-bond donors (Lipinski definition) is 0. The quantitative estimate of drug-likeness (QED) is 0.637. The number of nitrogens with zero attached hydrogens (tertiary/aromatic N) is 1. The van der Waals surface area contributed by atoms with Gasteiger partial charge in [-0.2, -0.15) is 4.39 Å². The summed E-state index contributed by atoms with van der Waals surface area (Å²) in [4.78, 5) is 3.70. The highest BCUT2D eigenvalue weighted by atomic mass is 79.9. The lowest BCUT2D eigenvalue weighted by molar-refractivity contribution is 0.545. The van der Waals surface area contributed by atoms with Gasteiger partial charge in [0.05, 0.1) is 0 Å². The minimum Gasteiger partial charge on any atom is -0.212 e. The van der Waals surface area contributed by atoms with E-state index < -0.39 is 5.95 Å². The number of pyridine rings is 1. The lowest BCUT2D eigenvalue weighted by Crippen LogP contribution is -2.14. The van der Waals surface area contributed by atoms with Crippen molar-refractivity contribution in [3.8, 4) is 0 Å². The van der Waals surface area contributed by atoms with Crippen LogP contribution in [0.1, 0.15) is 31.9 Å². The van der Waals surface area contributed by atoms with Crippen LogP contribution in [0.25, 0.3) is 0 Å². The largest absolute Gasteiger partial charge is 0.214 e. The van der Waals surface area contributed by atoms with E-state index in [0.717, 1.165) is 11.1 Å². The van der Waals surface area contributed by atoms with E-state index in [1.165, 1.54) is 6.07 Å². The van der Waals surface area contributed by atoms with Crippen molar-refractivity contribution in [2.75, 3.05) is 0 Å². The summed E-state index contributed by atoms with van der Waals surface area (Å²) >= 11 is 3.24. The Labute approximate surface area is 86.5 Å². The van der Waals surface area contributed by atoms with Gasteiger partial charge in [-0.25, -0.2) is 4.98 Å². The van der Waals surface area contributed by atoms with Crippen molar-refractivity contribution in [2.24, 2.45) is 0 Å². The Bertz CT molecular complexity index is 328. The van der Waals surface area contributed by atoms with Crippen molar-refractivity contribution in [3.05, 3.63) is 27.7 Å². The third-order valence-corrected chi connectivity index (χ3v) is 2.76. The Morgan fingerprint density at radius 1 is 1.38 bits per heavy atom. The summed E-state index contributed by atoms with van der Waals surface area (Å²) in [5.74, 6) is -0.428. The molecule has 1 rings (SSSR count). The van der Waals surface area contributed by atoms with Gasteiger partial charge in [-0.3, -0.25) is 0 Å². The fraction of sp³-hybridized carbons (Fsp3) is 0.500. The molecule has 0 N–H and O–H groups in total. The lowest BCUT2D eigenvalue weighted by Gasteiger charge is -2.21. The van der Waals surface area contributed by atoms with E-state index in [1.807, 2.05) is 6.92 Å². The van der Waals surface area contributed by atoms with Crippen LogP contribution in [0.4, 0.5) is 4.39 Å². The minimum atomic E-state index is -0.428. The van der Waals surface area contributed by atoms with Gasteiger partial charge in [-0.1, -0.05) is 20.8 Å². The molecule has 72 valence electrons. The van der Waals surface area contributed by atoms with Crippen molar-refractivity contribution in [3.63, 3.8) is 0 Å². The second-order valence-corrected chi connectivity index (χ2v) is 4.91. The summed E-state index contributed by atoms with van der Waals surface area (Å²) < 4.78 is 13.6. The molecule has 0 amide bonds. The normalized spacial score (nSPS) is 11.8. The smallest absolute Gasteiger partial charge is 0.212 e. The maximum Gasteiger partial charge on any atom is 0.214 e. The highest BCUT2D eigenvalue weighted by Gasteiger charge is 2.19. The van der Waals surface area contributed by atoms with Gasteiger partial charge in [0, 0.05) is 0 Å². The van der Waals surface area contributed by atoms with Crippen molar-refractivity contribution >= 4 is 15.9 Å². The SMILES string of the molecule is Cc1c(C(C)(C)C)cc(F)nc1Br. The number of rotatable bonds is 0. The molecule has 0 bridgehead atoms. The molecule has 0 aliphatic rings. The van der Waals surface area contributed by atoms with Crippen LogP contribution in [0, 0.1) is 12.9 Å². The zero-order valence-electron chi connectivity index (χ0n) is 8.28. The van der Waals surface area contributed by atoms with E-state index in [0.29, 0.717) is 4.60 Å². The van der Waals surface area contributed by atoms with Crippen LogP contribution in [0.2, 0.25) is 0 Å². The van der Waals surface area contributed by atoms with E-state index >= 15 is 0 Å². The molecule has 0 saturated carbocycles. The van der Waals surface area contributed by atoms with E-state index in [9.17, 15) is 4.39 Å². The van der Waals surface area contributed by atoms with E-state index in [2.05, 4.69) is 41.7 Å². The van der Waals surface area contributed by atoms with E-state index in [-0.39, 0.29) is 5.41 Å². The van der Waals surface area contributed by atoms with Crippen LogP contribution in [0.15, 0.2) is 10.7 Å². The zero-order valence-corrected chi connectivity index (χ0v) is 9.87. The number of aromatic nitrogens is 1. The first-order chi connectivity index (χ1) is 5.82. The van der Waals surface area contributed by atoms with Gasteiger partial charge in [0.15, 0.2) is 0 Å². The summed E-state index contributed by atoms with van der Waals surface area (Å²) in [6.45, 7) is 8.11. The summed E-state index contributed by atoms with van der Waals surface area (Å²) in [6.07, 6.45) is 0.